The van der Waals surface area contributed by atoms with Crippen LogP contribution in [0, 0.1) is 0 Å². The van der Waals surface area contributed by atoms with E-state index in [1.165, 1.54) is 14.0 Å². The zero-order chi connectivity index (χ0) is 21.0. The van der Waals surface area contributed by atoms with Gasteiger partial charge in [-0.15, -0.1) is 0 Å². The number of likely N-dealkylation sites (N-methyl/N-ethyl adjacent to an activating group) is 1. The van der Waals surface area contributed by atoms with E-state index in [1.54, 1.807) is 24.3 Å². The Morgan fingerprint density at radius 2 is 1.89 bits per heavy atom. The third kappa shape index (κ3) is 11.3. The van der Waals surface area contributed by atoms with Gasteiger partial charge in [0.05, 0.1) is 0 Å². The van der Waals surface area contributed by atoms with Gasteiger partial charge in [0, 0.05) is 22.4 Å². The maximum absolute atomic E-state index is 11.6. The lowest BCUT2D eigenvalue weighted by Gasteiger charge is -2.20. The molecule has 1 amide bonds. The number of carbonyl (C=O) groups is 2. The van der Waals surface area contributed by atoms with Gasteiger partial charge in [-0.2, -0.15) is 0 Å². The summed E-state index contributed by atoms with van der Waals surface area (Å²) in [6.07, 6.45) is 1.38. The lowest BCUT2D eigenvalue weighted by molar-refractivity contribution is -0.141. The molecule has 0 bridgehead atoms. The average Bonchev–Trinajstić information content (AvgIpc) is 2.59. The number of rotatable bonds is 6. The second-order valence-corrected chi connectivity index (χ2v) is 9.62. The molecule has 0 saturated carbocycles. The number of azide groups is 1. The Morgan fingerprint density at radius 3 is 2.26 bits per heavy atom. The summed E-state index contributed by atoms with van der Waals surface area (Å²) in [4.78, 5) is 26.0. The molecule has 0 radical (unpaired) electrons. The molecule has 0 aliphatic rings. The maximum atomic E-state index is 11.6. The Bertz CT molecular complexity index is 656. The van der Waals surface area contributed by atoms with Crippen LogP contribution in [0.2, 0.25) is 0 Å². The molecular formula is C17H26N4O4S2. The number of nitrogens with zero attached hydrogens (tertiary/aromatic N) is 4. The predicted octanol–water partition coefficient (Wildman–Crippen LogP) is 5.47. The summed E-state index contributed by atoms with van der Waals surface area (Å²) in [5.74, 6) is -1.11. The molecule has 27 heavy (non-hydrogen) atoms. The minimum atomic E-state index is -1.11. The molecule has 8 nitrogen and oxygen atoms in total. The van der Waals surface area contributed by atoms with Gasteiger partial charge >= 0.3 is 12.1 Å². The van der Waals surface area contributed by atoms with Crippen molar-refractivity contribution in [2.24, 2.45) is 5.11 Å². The number of hydrogen-bond acceptors (Lipinski definition) is 6. The van der Waals surface area contributed by atoms with Crippen LogP contribution in [-0.2, 0) is 16.1 Å². The Labute approximate surface area is 167 Å². The molecule has 10 heteroatoms. The first-order chi connectivity index (χ1) is 12.5. The van der Waals surface area contributed by atoms with Crippen LogP contribution in [0.3, 0.4) is 0 Å². The molecule has 150 valence electrons. The van der Waals surface area contributed by atoms with E-state index in [9.17, 15) is 9.59 Å². The van der Waals surface area contributed by atoms with Gasteiger partial charge in [-0.05, 0) is 24.3 Å². The second-order valence-electron chi connectivity index (χ2n) is 6.40. The number of carboxylic acid groups (broad SMARTS) is 1. The summed E-state index contributed by atoms with van der Waals surface area (Å²) < 4.78 is 5.41. The van der Waals surface area contributed by atoms with Crippen LogP contribution in [0.5, 0.6) is 0 Å². The van der Waals surface area contributed by atoms with Crippen molar-refractivity contribution in [3.63, 3.8) is 0 Å². The predicted molar refractivity (Wildman–Crippen MR) is 111 cm³/mol. The van der Waals surface area contributed by atoms with Gasteiger partial charge < -0.3 is 9.84 Å². The molecule has 0 saturated heterocycles. The highest BCUT2D eigenvalue weighted by molar-refractivity contribution is 8.76. The maximum Gasteiger partial charge on any atom is 0.410 e. The standard InChI is InChI=1S/C12H14N4O4.C5H12S2/c1-8(11(17)18)16(2)12(19)20-7-9-3-5-10(6-4-9)14-15-13;1-5(2,3)7-6-4/h3-6,8H,7H2,1-2H3,(H,17,18);1-4H3/t8-;/m1./s1. The number of carbonyl (C=O) groups excluding carboxylic acids is 1. The van der Waals surface area contributed by atoms with Crippen LogP contribution in [0.4, 0.5) is 10.5 Å². The van der Waals surface area contributed by atoms with Crippen molar-refractivity contribution in [3.05, 3.63) is 40.3 Å². The average molecular weight is 415 g/mol. The summed E-state index contributed by atoms with van der Waals surface area (Å²) in [5.41, 5.74) is 9.42. The van der Waals surface area contributed by atoms with E-state index in [2.05, 4.69) is 37.1 Å². The fourth-order valence-corrected chi connectivity index (χ4v) is 3.53. The molecule has 0 fully saturated rings. The number of carboxylic acids is 1. The molecule has 1 rings (SSSR count). The third-order valence-electron chi connectivity index (χ3n) is 3.02. The highest BCUT2D eigenvalue weighted by Crippen LogP contribution is 2.32. The zero-order valence-electron chi connectivity index (χ0n) is 16.4. The SMILES string of the molecule is CSSC(C)(C)C.C[C@H](C(=O)O)N(C)C(=O)OCc1ccc(N=[N+]=[N-])cc1. The number of aliphatic carboxylic acids is 1. The summed E-state index contributed by atoms with van der Waals surface area (Å²) in [6, 6.07) is 5.52. The normalized spacial score (nSPS) is 11.3. The Morgan fingerprint density at radius 1 is 1.33 bits per heavy atom. The number of amides is 1. The summed E-state index contributed by atoms with van der Waals surface area (Å²) in [5, 5.41) is 12.2. The highest BCUT2D eigenvalue weighted by Gasteiger charge is 2.22. The lowest BCUT2D eigenvalue weighted by atomic mass is 10.2. The van der Waals surface area contributed by atoms with E-state index >= 15 is 0 Å². The number of benzene rings is 1. The molecular weight excluding hydrogens is 388 g/mol. The van der Waals surface area contributed by atoms with E-state index in [0.29, 0.717) is 16.0 Å². The smallest absolute Gasteiger partial charge is 0.410 e. The molecule has 1 atom stereocenters. The molecule has 0 aromatic heterocycles. The van der Waals surface area contributed by atoms with Gasteiger partial charge in [0.15, 0.2) is 0 Å². The molecule has 0 spiro atoms. The van der Waals surface area contributed by atoms with Crippen LogP contribution in [-0.4, -0.2) is 46.2 Å². The van der Waals surface area contributed by atoms with Crippen molar-refractivity contribution in [2.75, 3.05) is 13.3 Å². The topological polar surface area (TPSA) is 116 Å². The first-order valence-electron chi connectivity index (χ1n) is 8.00. The van der Waals surface area contributed by atoms with E-state index < -0.39 is 18.1 Å². The lowest BCUT2D eigenvalue weighted by Crippen LogP contribution is -2.40. The molecule has 0 aliphatic carbocycles. The van der Waals surface area contributed by atoms with Crippen LogP contribution < -0.4 is 0 Å². The van der Waals surface area contributed by atoms with Crippen LogP contribution in [0.25, 0.3) is 10.4 Å². The van der Waals surface area contributed by atoms with Crippen molar-refractivity contribution >= 4 is 39.3 Å². The fourth-order valence-electron chi connectivity index (χ4n) is 1.53. The Hall–Kier alpha value is -2.03. The molecule has 0 heterocycles. The summed E-state index contributed by atoms with van der Waals surface area (Å²) in [7, 11) is 5.08. The van der Waals surface area contributed by atoms with E-state index in [0.717, 1.165) is 4.90 Å². The van der Waals surface area contributed by atoms with Crippen LogP contribution in [0.1, 0.15) is 33.3 Å². The highest BCUT2D eigenvalue weighted by atomic mass is 33.1. The zero-order valence-corrected chi connectivity index (χ0v) is 18.0. The first kappa shape index (κ1) is 25.0. The Balaban J connectivity index is 0.000000821. The molecule has 1 aromatic rings. The van der Waals surface area contributed by atoms with Gasteiger partial charge in [0.1, 0.15) is 12.6 Å². The quantitative estimate of drug-likeness (QED) is 0.286. The van der Waals surface area contributed by atoms with Crippen molar-refractivity contribution in [1.82, 2.24) is 4.90 Å². The van der Waals surface area contributed by atoms with Gasteiger partial charge in [0.25, 0.3) is 0 Å². The molecule has 0 aliphatic heterocycles. The van der Waals surface area contributed by atoms with Crippen LogP contribution in [0.15, 0.2) is 29.4 Å². The van der Waals surface area contributed by atoms with E-state index in [-0.39, 0.29) is 6.61 Å². The second kappa shape index (κ2) is 12.4. The van der Waals surface area contributed by atoms with Crippen LogP contribution >= 0.6 is 21.6 Å². The minimum Gasteiger partial charge on any atom is -0.480 e. The first-order valence-corrected chi connectivity index (χ1v) is 10.6. The van der Waals surface area contributed by atoms with Gasteiger partial charge in [-0.25, -0.2) is 9.59 Å². The van der Waals surface area contributed by atoms with E-state index in [1.807, 2.05) is 21.6 Å². The molecule has 0 unspecified atom stereocenters. The molecule has 1 aromatic carbocycles. The van der Waals surface area contributed by atoms with E-state index in [4.69, 9.17) is 15.4 Å². The third-order valence-corrected chi connectivity index (χ3v) is 5.69. The largest absolute Gasteiger partial charge is 0.480 e. The van der Waals surface area contributed by atoms with Crippen molar-refractivity contribution in [2.45, 2.75) is 45.1 Å². The van der Waals surface area contributed by atoms with Gasteiger partial charge in [0.2, 0.25) is 0 Å². The molecule has 1 N–H and O–H groups in total. The van der Waals surface area contributed by atoms with Gasteiger partial charge in [-0.1, -0.05) is 71.7 Å². The van der Waals surface area contributed by atoms with Gasteiger partial charge in [-0.3, -0.25) is 4.90 Å². The monoisotopic (exact) mass is 414 g/mol. The fraction of sp³-hybridized carbons (Fsp3) is 0.529. The van der Waals surface area contributed by atoms with Crippen molar-refractivity contribution in [3.8, 4) is 0 Å². The summed E-state index contributed by atoms with van der Waals surface area (Å²) in [6.45, 7) is 8.04. The minimum absolute atomic E-state index is 0.00601. The number of hydrogen-bond donors (Lipinski definition) is 1. The summed E-state index contributed by atoms with van der Waals surface area (Å²) >= 11 is 0. The van der Waals surface area contributed by atoms with Crippen molar-refractivity contribution < 1.29 is 19.4 Å². The number of ether oxygens (including phenoxy) is 1. The Kier molecular flexibility index (Phi) is 11.4. The van der Waals surface area contributed by atoms with Crippen molar-refractivity contribution in [1.29, 1.82) is 0 Å².